The van der Waals surface area contributed by atoms with Gasteiger partial charge in [0.15, 0.2) is 17.9 Å². The molecule has 2 aromatic rings. The Morgan fingerprint density at radius 1 is 0.725 bits per heavy atom. The van der Waals surface area contributed by atoms with Crippen molar-refractivity contribution in [2.75, 3.05) is 13.2 Å². The summed E-state index contributed by atoms with van der Waals surface area (Å²) in [6.07, 6.45) is -16.0. The summed E-state index contributed by atoms with van der Waals surface area (Å²) in [5.74, 6) is -0.956. The van der Waals surface area contributed by atoms with Crippen molar-refractivity contribution in [2.45, 2.75) is 68.3 Å². The first-order valence-electron chi connectivity index (χ1n) is 12.6. The van der Waals surface area contributed by atoms with Crippen molar-refractivity contribution in [3.8, 4) is 5.75 Å². The Morgan fingerprint density at radius 2 is 1.38 bits per heavy atom. The lowest BCUT2D eigenvalue weighted by atomic mass is 9.83. The zero-order valence-electron chi connectivity index (χ0n) is 21.2. The molecule has 2 fully saturated rings. The number of ether oxygens (including phenoxy) is 4. The van der Waals surface area contributed by atoms with Crippen LogP contribution in [0.3, 0.4) is 0 Å². The largest absolute Gasteiger partial charge is 0.461 e. The molecular weight excluding hydrogens is 532 g/mol. The average Bonchev–Trinajstić information content (AvgIpc) is 2.95. The summed E-state index contributed by atoms with van der Waals surface area (Å²) in [6, 6.07) is 9.23. The molecule has 1 aliphatic carbocycles. The Labute approximate surface area is 227 Å². The van der Waals surface area contributed by atoms with Gasteiger partial charge in [0.1, 0.15) is 54.6 Å². The van der Waals surface area contributed by atoms with E-state index in [0.717, 1.165) is 5.56 Å². The fourth-order valence-electron chi connectivity index (χ4n) is 5.05. The summed E-state index contributed by atoms with van der Waals surface area (Å²) in [5.41, 5.74) is 1.29. The van der Waals surface area contributed by atoms with Crippen molar-refractivity contribution in [3.63, 3.8) is 0 Å². The van der Waals surface area contributed by atoms with Gasteiger partial charge in [-0.2, -0.15) is 0 Å². The molecule has 2 saturated heterocycles. The Balaban J connectivity index is 1.35. The highest BCUT2D eigenvalue weighted by atomic mass is 16.7. The van der Waals surface area contributed by atoms with E-state index in [2.05, 4.69) is 0 Å². The topological polar surface area (TPSA) is 213 Å². The van der Waals surface area contributed by atoms with Gasteiger partial charge in [-0.25, -0.2) is 0 Å². The van der Waals surface area contributed by atoms with Crippen molar-refractivity contribution >= 4 is 11.6 Å². The smallest absolute Gasteiger partial charge is 0.229 e. The van der Waals surface area contributed by atoms with Crippen molar-refractivity contribution in [1.29, 1.82) is 0 Å². The highest BCUT2D eigenvalue weighted by molar-refractivity contribution is 6.29. The number of carbonyl (C=O) groups excluding carboxylic acids is 2. The summed E-state index contributed by atoms with van der Waals surface area (Å²) >= 11 is 0. The van der Waals surface area contributed by atoms with Gasteiger partial charge in [-0.1, -0.05) is 29.8 Å². The predicted molar refractivity (Wildman–Crippen MR) is 132 cm³/mol. The fourth-order valence-corrected chi connectivity index (χ4v) is 5.05. The first-order chi connectivity index (χ1) is 19.0. The molecule has 0 amide bonds. The Kier molecular flexibility index (Phi) is 8.05. The van der Waals surface area contributed by atoms with Crippen LogP contribution >= 0.6 is 0 Å². The van der Waals surface area contributed by atoms with E-state index in [4.69, 9.17) is 18.9 Å². The van der Waals surface area contributed by atoms with Gasteiger partial charge in [0, 0.05) is 16.7 Å². The number of hydrogen-bond acceptors (Lipinski definition) is 13. The van der Waals surface area contributed by atoms with Gasteiger partial charge in [0.2, 0.25) is 6.29 Å². The van der Waals surface area contributed by atoms with E-state index in [1.807, 2.05) is 0 Å². The van der Waals surface area contributed by atoms with Crippen LogP contribution in [0, 0.1) is 6.92 Å². The zero-order chi connectivity index (χ0) is 28.9. The van der Waals surface area contributed by atoms with Crippen LogP contribution in [-0.2, 0) is 14.2 Å². The van der Waals surface area contributed by atoms with Gasteiger partial charge < -0.3 is 54.7 Å². The van der Waals surface area contributed by atoms with E-state index in [9.17, 15) is 45.3 Å². The van der Waals surface area contributed by atoms with Gasteiger partial charge in [0.05, 0.1) is 18.8 Å². The standard InChI is InChI=1S/C27H30O13/c1-10-5-6-11-13(7-10)18(29)12-3-2-4-14(17(12)19(11)30)38-27-25(36)23(34)21(32)16(40-27)9-37-26-24(35)22(33)20(31)15(8-28)39-26/h2-7,15-16,20-28,31-36H,8-9H2,1H3/t15-,16-,20-,21-,22+,23+,24-,25-,26-,27-/m1/s1. The molecule has 3 aliphatic rings. The first kappa shape index (κ1) is 28.7. The van der Waals surface area contributed by atoms with Gasteiger partial charge >= 0.3 is 0 Å². The highest BCUT2D eigenvalue weighted by Gasteiger charge is 2.48. The van der Waals surface area contributed by atoms with E-state index in [1.54, 1.807) is 25.1 Å². The molecule has 0 aromatic heterocycles. The molecule has 0 unspecified atom stereocenters. The average molecular weight is 563 g/mol. The quantitative estimate of drug-likeness (QED) is 0.170. The third kappa shape index (κ3) is 4.94. The summed E-state index contributed by atoms with van der Waals surface area (Å²) in [6.45, 7) is 0.567. The van der Waals surface area contributed by atoms with Crippen LogP contribution < -0.4 is 4.74 Å². The molecule has 216 valence electrons. The van der Waals surface area contributed by atoms with Gasteiger partial charge in [-0.15, -0.1) is 0 Å². The highest BCUT2D eigenvalue weighted by Crippen LogP contribution is 2.35. The number of rotatable bonds is 6. The third-order valence-corrected chi connectivity index (χ3v) is 7.35. The molecule has 0 saturated carbocycles. The minimum absolute atomic E-state index is 0.0469. The third-order valence-electron chi connectivity index (χ3n) is 7.35. The number of aliphatic hydroxyl groups excluding tert-OH is 7. The van der Waals surface area contributed by atoms with Gasteiger partial charge in [-0.05, 0) is 19.1 Å². The second kappa shape index (κ2) is 11.2. The summed E-state index contributed by atoms with van der Waals surface area (Å²) < 4.78 is 22.1. The number of carbonyl (C=O) groups is 2. The second-order valence-electron chi connectivity index (χ2n) is 10.0. The number of aryl methyl sites for hydroxylation is 1. The predicted octanol–water partition coefficient (Wildman–Crippen LogP) is -2.23. The zero-order valence-corrected chi connectivity index (χ0v) is 21.2. The van der Waals surface area contributed by atoms with E-state index in [0.29, 0.717) is 0 Å². The molecule has 5 rings (SSSR count). The van der Waals surface area contributed by atoms with Crippen molar-refractivity contribution in [1.82, 2.24) is 0 Å². The van der Waals surface area contributed by atoms with Crippen molar-refractivity contribution in [3.05, 3.63) is 64.2 Å². The molecule has 10 atom stereocenters. The number of ketones is 2. The van der Waals surface area contributed by atoms with E-state index in [1.165, 1.54) is 18.2 Å². The molecule has 2 aromatic carbocycles. The molecule has 0 radical (unpaired) electrons. The minimum Gasteiger partial charge on any atom is -0.461 e. The van der Waals surface area contributed by atoms with Crippen LogP contribution in [0.25, 0.3) is 0 Å². The monoisotopic (exact) mass is 562 g/mol. The van der Waals surface area contributed by atoms with E-state index >= 15 is 0 Å². The maximum absolute atomic E-state index is 13.4. The number of hydrogen-bond donors (Lipinski definition) is 7. The summed E-state index contributed by atoms with van der Waals surface area (Å²) in [5, 5.41) is 70.9. The normalized spacial score (nSPS) is 35.7. The first-order valence-corrected chi connectivity index (χ1v) is 12.6. The van der Waals surface area contributed by atoms with E-state index < -0.39 is 80.4 Å². The summed E-state index contributed by atoms with van der Waals surface area (Å²) in [7, 11) is 0. The molecule has 13 nitrogen and oxygen atoms in total. The van der Waals surface area contributed by atoms with Crippen LogP contribution in [0.5, 0.6) is 5.75 Å². The number of fused-ring (bicyclic) bond motifs is 2. The Morgan fingerprint density at radius 3 is 2.08 bits per heavy atom. The van der Waals surface area contributed by atoms with Crippen LogP contribution in [0.15, 0.2) is 36.4 Å². The van der Waals surface area contributed by atoms with Crippen molar-refractivity contribution in [2.24, 2.45) is 0 Å². The van der Waals surface area contributed by atoms with Crippen molar-refractivity contribution < 1.29 is 64.3 Å². The lowest BCUT2D eigenvalue weighted by Crippen LogP contribution is -2.62. The SMILES string of the molecule is Cc1ccc2c(c1)C(=O)c1cccc(O[C@@H]3O[C@H](CO[C@@H]4O[C@H](CO)[C@@H](O)[C@H](O)[C@H]4O)[C@@H](O)[C@H](O)[C@H]3O)c1C2=O. The van der Waals surface area contributed by atoms with Crippen LogP contribution in [0.2, 0.25) is 0 Å². The molecule has 2 aliphatic heterocycles. The van der Waals surface area contributed by atoms with Gasteiger partial charge in [-0.3, -0.25) is 9.59 Å². The molecule has 13 heteroatoms. The molecule has 0 bridgehead atoms. The fraction of sp³-hybridized carbons (Fsp3) is 0.481. The van der Waals surface area contributed by atoms with E-state index in [-0.39, 0.29) is 33.8 Å². The second-order valence-corrected chi connectivity index (χ2v) is 10.0. The summed E-state index contributed by atoms with van der Waals surface area (Å²) in [4.78, 5) is 26.5. The maximum Gasteiger partial charge on any atom is 0.229 e. The molecule has 40 heavy (non-hydrogen) atoms. The molecular formula is C27H30O13. The lowest BCUT2D eigenvalue weighted by molar-refractivity contribution is -0.323. The number of aliphatic hydroxyl groups is 7. The Bertz CT molecular complexity index is 1280. The number of benzene rings is 2. The van der Waals surface area contributed by atoms with Gasteiger partial charge in [0.25, 0.3) is 0 Å². The van der Waals surface area contributed by atoms with Crippen LogP contribution in [0.4, 0.5) is 0 Å². The lowest BCUT2D eigenvalue weighted by Gasteiger charge is -2.42. The molecule has 0 spiro atoms. The van der Waals surface area contributed by atoms with Crippen LogP contribution in [-0.4, -0.2) is 122 Å². The van der Waals surface area contributed by atoms with Crippen LogP contribution in [0.1, 0.15) is 37.4 Å². The Hall–Kier alpha value is -2.82. The molecule has 7 N–H and O–H groups in total. The maximum atomic E-state index is 13.4. The molecule has 2 heterocycles. The minimum atomic E-state index is -1.79.